The summed E-state index contributed by atoms with van der Waals surface area (Å²) in [7, 11) is 0. The van der Waals surface area contributed by atoms with Crippen LogP contribution in [0.4, 0.5) is 5.69 Å². The first kappa shape index (κ1) is 50.8. The van der Waals surface area contributed by atoms with Crippen molar-refractivity contribution in [2.75, 3.05) is 51.4 Å². The molecule has 0 unspecified atom stereocenters. The molecule has 2 fully saturated rings. The predicted molar refractivity (Wildman–Crippen MR) is 269 cm³/mol. The van der Waals surface area contributed by atoms with E-state index < -0.39 is 41.3 Å². The molecule has 19 nitrogen and oxygen atoms in total. The van der Waals surface area contributed by atoms with Gasteiger partial charge in [0.05, 0.1) is 71.2 Å². The first-order valence-corrected chi connectivity index (χ1v) is 24.9. The lowest BCUT2D eigenvalue weighted by molar-refractivity contribution is -0.144. The highest BCUT2D eigenvalue weighted by atomic mass is 32.1. The van der Waals surface area contributed by atoms with Gasteiger partial charge < -0.3 is 45.7 Å². The van der Waals surface area contributed by atoms with Crippen LogP contribution in [0.3, 0.4) is 0 Å². The van der Waals surface area contributed by atoms with Crippen LogP contribution < -0.4 is 21.3 Å². The number of likely N-dealkylation sites (tertiary alicyclic amines) is 2. The predicted octanol–water partition coefficient (Wildman–Crippen LogP) is 4.54. The second-order valence-electron chi connectivity index (χ2n) is 19.4. The van der Waals surface area contributed by atoms with E-state index in [0.29, 0.717) is 23.8 Å². The van der Waals surface area contributed by atoms with Crippen LogP contribution in [0.5, 0.6) is 0 Å². The number of carbonyl (C=O) groups excluding carboxylic acids is 5. The maximum Gasteiger partial charge on any atom is 0.255 e. The number of aryl methyl sites for hydroxylation is 1. The zero-order valence-electron chi connectivity index (χ0n) is 40.8. The van der Waals surface area contributed by atoms with Crippen molar-refractivity contribution < 1.29 is 38.6 Å². The fourth-order valence-corrected chi connectivity index (χ4v) is 9.84. The third kappa shape index (κ3) is 12.9. The number of ether oxygens (including phenoxy) is 2. The fraction of sp³-hybridized carbons (Fsp3) is 0.451. The van der Waals surface area contributed by atoms with E-state index in [-0.39, 0.29) is 64.3 Å². The van der Waals surface area contributed by atoms with E-state index in [1.54, 1.807) is 60.6 Å². The zero-order chi connectivity index (χ0) is 50.2. The lowest BCUT2D eigenvalue weighted by Gasteiger charge is -2.35. The lowest BCUT2D eigenvalue weighted by atomic mass is 9.85. The van der Waals surface area contributed by atoms with E-state index in [2.05, 4.69) is 48.2 Å². The van der Waals surface area contributed by atoms with Gasteiger partial charge in [-0.3, -0.25) is 33.6 Å². The second kappa shape index (κ2) is 22.7. The number of nitrogens with zero attached hydrogens (tertiary/aromatic N) is 6. The monoisotopic (exact) mass is 989 g/mol. The van der Waals surface area contributed by atoms with Crippen LogP contribution in [-0.4, -0.2) is 139 Å². The number of imidazole rings is 1. The molecule has 6 N–H and O–H groups in total. The molecule has 5 amide bonds. The van der Waals surface area contributed by atoms with Gasteiger partial charge in [0.2, 0.25) is 23.6 Å². The quantitative estimate of drug-likeness (QED) is 0.0579. The average molecular weight is 990 g/mol. The van der Waals surface area contributed by atoms with Crippen molar-refractivity contribution in [3.8, 4) is 10.4 Å². The number of amides is 5. The van der Waals surface area contributed by atoms with Crippen LogP contribution in [0.25, 0.3) is 32.4 Å². The molecule has 0 bridgehead atoms. The summed E-state index contributed by atoms with van der Waals surface area (Å²) in [6.07, 6.45) is 3.26. The van der Waals surface area contributed by atoms with Crippen LogP contribution in [0, 0.1) is 12.3 Å². The molecular formula is C51H63N11O8S. The Bertz CT molecular complexity index is 2850. The number of fused-ring (bicyclic) bond motifs is 2. The Balaban J connectivity index is 0.720. The molecular weight excluding hydrogens is 927 g/mol. The maximum absolute atomic E-state index is 14.0. The lowest BCUT2D eigenvalue weighted by Crippen LogP contribution is -2.58. The third-order valence-electron chi connectivity index (χ3n) is 12.9. The van der Waals surface area contributed by atoms with E-state index in [1.165, 1.54) is 17.7 Å². The number of H-pyrrole nitrogens is 1. The van der Waals surface area contributed by atoms with Crippen LogP contribution in [0.2, 0.25) is 0 Å². The van der Waals surface area contributed by atoms with Crippen LogP contribution in [-0.2, 0) is 48.3 Å². The Morgan fingerprint density at radius 2 is 1.75 bits per heavy atom. The number of hydrogen-bond acceptors (Lipinski definition) is 13. The van der Waals surface area contributed by atoms with Crippen LogP contribution in [0.1, 0.15) is 74.4 Å². The van der Waals surface area contributed by atoms with Gasteiger partial charge in [0.1, 0.15) is 31.1 Å². The largest absolute Gasteiger partial charge is 0.391 e. The van der Waals surface area contributed by atoms with Gasteiger partial charge >= 0.3 is 0 Å². The number of anilines is 1. The number of thiazole rings is 1. The number of aliphatic hydroxyl groups excluding tert-OH is 1. The summed E-state index contributed by atoms with van der Waals surface area (Å²) in [6.45, 7) is 11.8. The number of carbonyl (C=O) groups is 5. The number of benzene rings is 3. The third-order valence-corrected chi connectivity index (χ3v) is 13.9. The molecule has 376 valence electrons. The molecule has 0 saturated carbocycles. The SMILES string of the molecule is Cc1ncsc1-c1ccc(CNC(=O)[C@@H]2C[C@@H](O)CN2C(=O)[C@@H](NC(=O)COCCOCC(=O)NCCn2ncc3cc(C(=O)Nc4ccc5nc(CN6CCC[C@@H]6C)[nH]c5c4)ccc32)C(C)(C)C)cc1. The molecule has 0 aliphatic carbocycles. The summed E-state index contributed by atoms with van der Waals surface area (Å²) in [5.41, 5.74) is 7.61. The van der Waals surface area contributed by atoms with Crippen molar-refractivity contribution in [2.24, 2.45) is 5.41 Å². The molecule has 2 aliphatic rings. The standard InChI is InChI=1S/C51H63N11O8S/c1-31-7-6-17-60(31)27-43-57-39-14-13-37(22-40(39)58-43)56-48(66)35-12-15-41-36(21-35)25-55-62(41)18-16-52-44(64)28-69-19-20-70-29-45(65)59-47(51(3,4)5)50(68)61-26-38(63)23-42(61)49(67)53-24-33-8-10-34(11-9-33)46-32(2)54-30-71-46/h8-15,21-22,25,30-31,38,42,47,63H,6-7,16-20,23-24,26-29H2,1-5H3,(H,52,64)(H,53,67)(H,56,66)(H,57,58)(H,59,65)/t31-,38+,42-,47+/m0/s1. The van der Waals surface area contributed by atoms with Crippen molar-refractivity contribution in [1.29, 1.82) is 0 Å². The fourth-order valence-electron chi connectivity index (χ4n) is 9.03. The summed E-state index contributed by atoms with van der Waals surface area (Å²) in [4.78, 5) is 83.5. The first-order chi connectivity index (χ1) is 34.1. The highest BCUT2D eigenvalue weighted by Gasteiger charge is 2.44. The van der Waals surface area contributed by atoms with E-state index in [9.17, 15) is 29.1 Å². The van der Waals surface area contributed by atoms with Crippen LogP contribution in [0.15, 0.2) is 72.4 Å². The number of nitrogens with one attached hydrogen (secondary N) is 5. The molecule has 71 heavy (non-hydrogen) atoms. The Kier molecular flexibility index (Phi) is 16.2. The molecule has 3 aromatic heterocycles. The van der Waals surface area contributed by atoms with Gasteiger partial charge in [-0.05, 0) is 86.2 Å². The minimum atomic E-state index is -1.01. The summed E-state index contributed by atoms with van der Waals surface area (Å²) in [6, 6.07) is 17.4. The summed E-state index contributed by atoms with van der Waals surface area (Å²) in [5.74, 6) is -1.09. The number of hydrogen-bond donors (Lipinski definition) is 6. The summed E-state index contributed by atoms with van der Waals surface area (Å²) >= 11 is 1.56. The smallest absolute Gasteiger partial charge is 0.255 e. The zero-order valence-corrected chi connectivity index (χ0v) is 41.6. The second-order valence-corrected chi connectivity index (χ2v) is 20.2. The van der Waals surface area contributed by atoms with Gasteiger partial charge in [0.25, 0.3) is 5.91 Å². The van der Waals surface area contributed by atoms with Gasteiger partial charge in [-0.2, -0.15) is 5.10 Å². The number of β-amino-alcohol motifs (C(OH)–C–C–N with tert-alkyl or cyclic N) is 1. The molecule has 2 aliphatic heterocycles. The molecule has 0 radical (unpaired) electrons. The molecule has 2 saturated heterocycles. The Morgan fingerprint density at radius 1 is 0.972 bits per heavy atom. The van der Waals surface area contributed by atoms with Crippen LogP contribution >= 0.6 is 11.3 Å². The number of aromatic amines is 1. The molecule has 0 spiro atoms. The van der Waals surface area contributed by atoms with Gasteiger partial charge in [-0.1, -0.05) is 45.0 Å². The normalized spacial score (nSPS) is 17.7. The van der Waals surface area contributed by atoms with E-state index in [1.807, 2.05) is 55.5 Å². The maximum atomic E-state index is 14.0. The topological polar surface area (TPSA) is 238 Å². The van der Waals surface area contributed by atoms with E-state index in [0.717, 1.165) is 62.5 Å². The van der Waals surface area contributed by atoms with Gasteiger partial charge in [0.15, 0.2) is 0 Å². The van der Waals surface area contributed by atoms with E-state index >= 15 is 0 Å². The molecule has 20 heteroatoms. The van der Waals surface area contributed by atoms with Gasteiger partial charge in [0, 0.05) is 48.7 Å². The van der Waals surface area contributed by atoms with Gasteiger partial charge in [-0.25, -0.2) is 9.97 Å². The Hall–Kier alpha value is -6.58. The average Bonchev–Trinajstić information content (AvgIpc) is 4.20. The van der Waals surface area contributed by atoms with Crippen molar-refractivity contribution >= 4 is 68.5 Å². The summed E-state index contributed by atoms with van der Waals surface area (Å²) in [5, 5.41) is 27.3. The van der Waals surface area contributed by atoms with Crippen molar-refractivity contribution in [1.82, 2.24) is 50.5 Å². The molecule has 4 atom stereocenters. The minimum Gasteiger partial charge on any atom is -0.391 e. The van der Waals surface area contributed by atoms with Crippen molar-refractivity contribution in [2.45, 2.75) is 97.7 Å². The van der Waals surface area contributed by atoms with Crippen molar-refractivity contribution in [3.05, 3.63) is 95.0 Å². The molecule has 5 heterocycles. The number of aliphatic hydroxyl groups is 1. The first-order valence-electron chi connectivity index (χ1n) is 24.1. The minimum absolute atomic E-state index is 0.0149. The molecule has 3 aromatic carbocycles. The Labute approximate surface area is 416 Å². The molecule has 8 rings (SSSR count). The molecule has 6 aromatic rings. The highest BCUT2D eigenvalue weighted by molar-refractivity contribution is 7.13. The highest BCUT2D eigenvalue weighted by Crippen LogP contribution is 2.29. The van der Waals surface area contributed by atoms with Gasteiger partial charge in [-0.15, -0.1) is 11.3 Å². The van der Waals surface area contributed by atoms with Crippen molar-refractivity contribution in [3.63, 3.8) is 0 Å². The number of aromatic nitrogens is 5. The Morgan fingerprint density at radius 3 is 2.46 bits per heavy atom. The van der Waals surface area contributed by atoms with E-state index in [4.69, 9.17) is 14.5 Å². The number of rotatable bonds is 20. The summed E-state index contributed by atoms with van der Waals surface area (Å²) < 4.78 is 12.7.